The average Bonchev–Trinajstić information content (AvgIpc) is 3.39. The van der Waals surface area contributed by atoms with Crippen molar-refractivity contribution in [3.8, 4) is 11.1 Å². The topological polar surface area (TPSA) is 111 Å². The summed E-state index contributed by atoms with van der Waals surface area (Å²) in [5, 5.41) is 6.07. The fraction of sp³-hybridized carbons (Fsp3) is 0.529. The van der Waals surface area contributed by atoms with Crippen LogP contribution in [0.2, 0.25) is 0 Å². The van der Waals surface area contributed by atoms with Gasteiger partial charge in [0.05, 0.1) is 10.8 Å². The Bertz CT molecular complexity index is 1470. The summed E-state index contributed by atoms with van der Waals surface area (Å²) in [5.41, 5.74) is 0.102. The van der Waals surface area contributed by atoms with Gasteiger partial charge in [-0.15, -0.1) is 0 Å². The van der Waals surface area contributed by atoms with E-state index in [1.165, 1.54) is 0 Å². The molecule has 2 saturated carbocycles. The van der Waals surface area contributed by atoms with Gasteiger partial charge in [-0.2, -0.15) is 0 Å². The molecule has 0 radical (unpaired) electrons. The normalized spacial score (nSPS) is 33.3. The average molecular weight is 573 g/mol. The molecule has 2 saturated heterocycles. The number of fused-ring (bicyclic) bond motifs is 4. The molecule has 222 valence electrons. The predicted octanol–water partition coefficient (Wildman–Crippen LogP) is 6.09. The molecule has 2 aliphatic heterocycles. The molecule has 8 heteroatoms. The molecule has 4 aliphatic rings. The fourth-order valence-corrected chi connectivity index (χ4v) is 7.91. The van der Waals surface area contributed by atoms with Gasteiger partial charge in [0.25, 0.3) is 11.8 Å². The van der Waals surface area contributed by atoms with Crippen LogP contribution in [-0.2, 0) is 28.7 Å². The highest BCUT2D eigenvalue weighted by Gasteiger charge is 2.76. The minimum Gasteiger partial charge on any atom is -0.448 e. The van der Waals surface area contributed by atoms with Crippen LogP contribution < -0.4 is 10.6 Å². The van der Waals surface area contributed by atoms with Gasteiger partial charge in [-0.1, -0.05) is 39.8 Å². The molecule has 4 bridgehead atoms. The van der Waals surface area contributed by atoms with Crippen LogP contribution in [0, 0.1) is 35.5 Å². The number of amides is 2. The molecule has 2 heterocycles. The first kappa shape index (κ1) is 28.4. The Labute approximate surface area is 246 Å². The van der Waals surface area contributed by atoms with Gasteiger partial charge in [-0.3, -0.25) is 19.2 Å². The van der Waals surface area contributed by atoms with Crippen molar-refractivity contribution in [1.29, 1.82) is 0 Å². The number of aryl methyl sites for hydroxylation is 2. The number of ether oxygens (including phenoxy) is 2. The molecule has 0 aromatic heterocycles. The Balaban J connectivity index is 1.19. The third kappa shape index (κ3) is 3.24. The molecule has 42 heavy (non-hydrogen) atoms. The van der Waals surface area contributed by atoms with E-state index in [1.807, 2.05) is 91.8 Å². The van der Waals surface area contributed by atoms with Gasteiger partial charge >= 0.3 is 11.9 Å². The summed E-state index contributed by atoms with van der Waals surface area (Å²) in [6, 6.07) is 11.6. The smallest absolute Gasteiger partial charge is 0.313 e. The minimum absolute atomic E-state index is 0.285. The molecular formula is C34H40N2O6. The number of anilines is 2. The van der Waals surface area contributed by atoms with Gasteiger partial charge in [-0.25, -0.2) is 0 Å². The first-order valence-corrected chi connectivity index (χ1v) is 14.8. The Morgan fingerprint density at radius 1 is 0.619 bits per heavy atom. The van der Waals surface area contributed by atoms with E-state index in [2.05, 4.69) is 10.6 Å². The van der Waals surface area contributed by atoms with E-state index in [-0.39, 0.29) is 23.8 Å². The first-order valence-electron chi connectivity index (χ1n) is 14.8. The molecule has 2 aromatic carbocycles. The summed E-state index contributed by atoms with van der Waals surface area (Å²) in [6.07, 6.45) is 2.27. The van der Waals surface area contributed by atoms with Gasteiger partial charge in [0, 0.05) is 22.2 Å². The largest absolute Gasteiger partial charge is 0.448 e. The summed E-state index contributed by atoms with van der Waals surface area (Å²) >= 11 is 0. The summed E-state index contributed by atoms with van der Waals surface area (Å²) in [6.45, 7) is 15.4. The molecule has 8 nitrogen and oxygen atoms in total. The Hall–Kier alpha value is -3.68. The van der Waals surface area contributed by atoms with Crippen LogP contribution in [0.5, 0.6) is 0 Å². The number of benzene rings is 2. The Morgan fingerprint density at radius 3 is 1.24 bits per heavy atom. The summed E-state index contributed by atoms with van der Waals surface area (Å²) in [4.78, 5) is 52.3. The van der Waals surface area contributed by atoms with E-state index in [9.17, 15) is 19.2 Å². The third-order valence-corrected chi connectivity index (χ3v) is 12.2. The lowest BCUT2D eigenvalue weighted by molar-refractivity contribution is -0.166. The number of carbonyl (C=O) groups is 4. The number of hydrogen-bond donors (Lipinski definition) is 2. The van der Waals surface area contributed by atoms with Crippen LogP contribution in [0.4, 0.5) is 11.4 Å². The van der Waals surface area contributed by atoms with E-state index < -0.39 is 32.9 Å². The van der Waals surface area contributed by atoms with Crippen molar-refractivity contribution in [2.45, 2.75) is 92.3 Å². The number of nitrogens with one attached hydrogen (secondary N) is 2. The summed E-state index contributed by atoms with van der Waals surface area (Å²) in [7, 11) is 0. The van der Waals surface area contributed by atoms with Crippen molar-refractivity contribution in [3.05, 3.63) is 47.5 Å². The second-order valence-corrected chi connectivity index (χ2v) is 14.3. The molecule has 0 unspecified atom stereocenters. The third-order valence-electron chi connectivity index (χ3n) is 12.2. The lowest BCUT2D eigenvalue weighted by atomic mass is 9.66. The van der Waals surface area contributed by atoms with Crippen LogP contribution in [0.3, 0.4) is 0 Å². The molecule has 4 atom stereocenters. The molecular weight excluding hydrogens is 532 g/mol. The quantitative estimate of drug-likeness (QED) is 0.420. The van der Waals surface area contributed by atoms with Gasteiger partial charge < -0.3 is 20.1 Å². The van der Waals surface area contributed by atoms with E-state index in [4.69, 9.17) is 9.47 Å². The van der Waals surface area contributed by atoms with Gasteiger partial charge in [0.15, 0.2) is 11.2 Å². The lowest BCUT2D eigenvalue weighted by Crippen LogP contribution is -2.50. The zero-order valence-electron chi connectivity index (χ0n) is 25.7. The second-order valence-electron chi connectivity index (χ2n) is 14.3. The first-order chi connectivity index (χ1) is 19.5. The van der Waals surface area contributed by atoms with Crippen molar-refractivity contribution in [2.24, 2.45) is 21.7 Å². The molecule has 2 aromatic rings. The predicted molar refractivity (Wildman–Crippen MR) is 159 cm³/mol. The van der Waals surface area contributed by atoms with Gasteiger partial charge in [0.1, 0.15) is 0 Å². The second kappa shape index (κ2) is 8.45. The number of carbonyl (C=O) groups excluding carboxylic acids is 4. The van der Waals surface area contributed by atoms with Gasteiger partial charge in [-0.05, 0) is 99.9 Å². The Kier molecular flexibility index (Phi) is 5.72. The monoisotopic (exact) mass is 572 g/mol. The minimum atomic E-state index is -1.18. The summed E-state index contributed by atoms with van der Waals surface area (Å²) in [5.74, 6) is -1.17. The number of hydrogen-bond acceptors (Lipinski definition) is 6. The molecule has 2 aliphatic carbocycles. The molecule has 4 fully saturated rings. The Morgan fingerprint density at radius 2 is 0.976 bits per heavy atom. The van der Waals surface area contributed by atoms with Crippen LogP contribution >= 0.6 is 0 Å². The van der Waals surface area contributed by atoms with Crippen molar-refractivity contribution in [3.63, 3.8) is 0 Å². The number of esters is 2. The maximum Gasteiger partial charge on any atom is 0.313 e. The van der Waals surface area contributed by atoms with E-state index in [0.717, 1.165) is 22.3 Å². The van der Waals surface area contributed by atoms with E-state index >= 15 is 0 Å². The van der Waals surface area contributed by atoms with Crippen LogP contribution in [-0.4, -0.2) is 35.0 Å². The van der Waals surface area contributed by atoms with Crippen molar-refractivity contribution < 1.29 is 28.7 Å². The lowest BCUT2D eigenvalue weighted by Gasteiger charge is -2.35. The van der Waals surface area contributed by atoms with Crippen molar-refractivity contribution in [2.75, 3.05) is 10.6 Å². The van der Waals surface area contributed by atoms with Crippen molar-refractivity contribution >= 4 is 35.1 Å². The maximum atomic E-state index is 13.5. The molecule has 2 amide bonds. The fourth-order valence-electron chi connectivity index (χ4n) is 7.91. The standard InChI is InChI=1S/C34H40N2O6/c1-19-17-21(9-11-23(19)35-25(37)33-15-13-31(7,27(39)41-33)29(33,3)4)22-10-12-24(20(2)18-22)36-26(38)34-16-14-32(8,28(40)42-34)30(34,5)6/h9-12,17-18H,13-16H2,1-8H3,(H,35,37)(H,36,38)/t31-,32+,33-,34-/m0/s1. The van der Waals surface area contributed by atoms with Crippen molar-refractivity contribution in [1.82, 2.24) is 0 Å². The maximum absolute atomic E-state index is 13.5. The molecule has 2 N–H and O–H groups in total. The van der Waals surface area contributed by atoms with Gasteiger partial charge in [0.2, 0.25) is 0 Å². The number of rotatable bonds is 5. The highest BCUT2D eigenvalue weighted by molar-refractivity contribution is 6.05. The zero-order valence-corrected chi connectivity index (χ0v) is 25.7. The molecule has 0 spiro atoms. The van der Waals surface area contributed by atoms with Crippen LogP contribution in [0.15, 0.2) is 36.4 Å². The highest BCUT2D eigenvalue weighted by atomic mass is 16.6. The molecule has 6 rings (SSSR count). The highest BCUT2D eigenvalue weighted by Crippen LogP contribution is 2.66. The SMILES string of the molecule is Cc1cc(-c2ccc(NC(=O)[C@]34CC[C@](C)(C(=O)O3)C4(C)C)c(C)c2)ccc1NC(=O)[C@]12CC[C@@](C)(C(=O)O1)C2(C)C. The van der Waals surface area contributed by atoms with E-state index in [1.54, 1.807) is 0 Å². The van der Waals surface area contributed by atoms with Crippen LogP contribution in [0.25, 0.3) is 11.1 Å². The zero-order chi connectivity index (χ0) is 30.7. The van der Waals surface area contributed by atoms with Crippen LogP contribution in [0.1, 0.15) is 78.4 Å². The summed E-state index contributed by atoms with van der Waals surface area (Å²) < 4.78 is 11.5. The van der Waals surface area contributed by atoms with E-state index in [0.29, 0.717) is 37.1 Å².